The van der Waals surface area contributed by atoms with Crippen molar-refractivity contribution in [1.82, 2.24) is 9.80 Å². The number of thioether (sulfide) groups is 1. The second-order valence-corrected chi connectivity index (χ2v) is 12.1. The van der Waals surface area contributed by atoms with E-state index in [0.29, 0.717) is 15.8 Å². The van der Waals surface area contributed by atoms with Crippen molar-refractivity contribution in [3.8, 4) is 17.2 Å². The maximum absolute atomic E-state index is 13.2. The van der Waals surface area contributed by atoms with E-state index in [4.69, 9.17) is 21.7 Å². The molecule has 0 radical (unpaired) electrons. The Morgan fingerprint density at radius 2 is 1.51 bits per heavy atom. The third kappa shape index (κ3) is 7.49. The summed E-state index contributed by atoms with van der Waals surface area (Å²) >= 11 is 10.3. The molecule has 0 N–H and O–H groups in total. The SMILES string of the molecule is CN1CCN(CCCOc2ccc(N3C(=O)/C(=C/c4ccc(Oc5ccc(Br)cc5)cc4)SC3=S)cc2)CC1. The molecule has 2 heterocycles. The Morgan fingerprint density at radius 1 is 0.897 bits per heavy atom. The van der Waals surface area contributed by atoms with E-state index in [-0.39, 0.29) is 5.91 Å². The van der Waals surface area contributed by atoms with Gasteiger partial charge in [0.25, 0.3) is 5.91 Å². The number of thiocarbonyl (C=S) groups is 1. The van der Waals surface area contributed by atoms with Crippen molar-refractivity contribution >= 4 is 61.9 Å². The Kier molecular flexibility index (Phi) is 9.36. The zero-order valence-electron chi connectivity index (χ0n) is 21.7. The van der Waals surface area contributed by atoms with Crippen molar-refractivity contribution in [2.24, 2.45) is 0 Å². The topological polar surface area (TPSA) is 45.2 Å². The maximum Gasteiger partial charge on any atom is 0.270 e. The average molecular weight is 625 g/mol. The number of benzene rings is 3. The number of nitrogens with zero attached hydrogens (tertiary/aromatic N) is 3. The van der Waals surface area contributed by atoms with Gasteiger partial charge >= 0.3 is 0 Å². The lowest BCUT2D eigenvalue weighted by Gasteiger charge is -2.32. The molecule has 6 nitrogen and oxygen atoms in total. The van der Waals surface area contributed by atoms with Crippen molar-refractivity contribution in [3.05, 3.63) is 87.7 Å². The van der Waals surface area contributed by atoms with Crippen LogP contribution in [-0.4, -0.2) is 66.4 Å². The van der Waals surface area contributed by atoms with Crippen LogP contribution in [0.3, 0.4) is 0 Å². The highest BCUT2D eigenvalue weighted by Crippen LogP contribution is 2.37. The second-order valence-electron chi connectivity index (χ2n) is 9.48. The van der Waals surface area contributed by atoms with Gasteiger partial charge in [-0.25, -0.2) is 0 Å². The largest absolute Gasteiger partial charge is 0.494 e. The van der Waals surface area contributed by atoms with Gasteiger partial charge in [-0.3, -0.25) is 9.69 Å². The Bertz CT molecular complexity index is 1320. The molecule has 2 aliphatic heterocycles. The first-order valence-electron chi connectivity index (χ1n) is 12.9. The lowest BCUT2D eigenvalue weighted by Crippen LogP contribution is -2.44. The Morgan fingerprint density at radius 3 is 2.18 bits per heavy atom. The summed E-state index contributed by atoms with van der Waals surface area (Å²) in [4.78, 5) is 20.2. The molecule has 0 unspecified atom stereocenters. The zero-order valence-corrected chi connectivity index (χ0v) is 24.9. The molecular formula is C30H30BrN3O3S2. The van der Waals surface area contributed by atoms with Gasteiger partial charge in [0.15, 0.2) is 4.32 Å². The molecule has 9 heteroatoms. The van der Waals surface area contributed by atoms with Gasteiger partial charge < -0.3 is 19.3 Å². The van der Waals surface area contributed by atoms with Gasteiger partial charge in [0.1, 0.15) is 17.2 Å². The van der Waals surface area contributed by atoms with Crippen LogP contribution in [0.4, 0.5) is 5.69 Å². The zero-order chi connectivity index (χ0) is 27.2. The van der Waals surface area contributed by atoms with Crippen LogP contribution < -0.4 is 14.4 Å². The number of anilines is 1. The fourth-order valence-electron chi connectivity index (χ4n) is 4.35. The summed E-state index contributed by atoms with van der Waals surface area (Å²) in [7, 11) is 2.17. The summed E-state index contributed by atoms with van der Waals surface area (Å²) in [6.07, 6.45) is 2.85. The van der Waals surface area contributed by atoms with Crippen LogP contribution in [0, 0.1) is 0 Å². The predicted octanol–water partition coefficient (Wildman–Crippen LogP) is 6.66. The van der Waals surface area contributed by atoms with E-state index < -0.39 is 0 Å². The van der Waals surface area contributed by atoms with Gasteiger partial charge in [0.05, 0.1) is 17.2 Å². The minimum Gasteiger partial charge on any atom is -0.494 e. The van der Waals surface area contributed by atoms with E-state index in [0.717, 1.165) is 72.1 Å². The molecule has 0 aromatic heterocycles. The van der Waals surface area contributed by atoms with Crippen LogP contribution in [0.1, 0.15) is 12.0 Å². The van der Waals surface area contributed by atoms with Crippen LogP contribution in [0.15, 0.2) is 82.2 Å². The van der Waals surface area contributed by atoms with Gasteiger partial charge in [-0.15, -0.1) is 0 Å². The van der Waals surface area contributed by atoms with Crippen molar-refractivity contribution in [2.45, 2.75) is 6.42 Å². The Hall–Kier alpha value is -2.69. The Balaban J connectivity index is 1.14. The van der Waals surface area contributed by atoms with Crippen molar-refractivity contribution in [2.75, 3.05) is 51.3 Å². The van der Waals surface area contributed by atoms with E-state index in [1.807, 2.05) is 78.9 Å². The number of amides is 1. The molecule has 2 saturated heterocycles. The number of piperazine rings is 1. The molecule has 202 valence electrons. The number of likely N-dealkylation sites (N-methyl/N-ethyl adjacent to an activating group) is 1. The smallest absolute Gasteiger partial charge is 0.270 e. The van der Waals surface area contributed by atoms with E-state index >= 15 is 0 Å². The number of carbonyl (C=O) groups excluding carboxylic acids is 1. The fraction of sp³-hybridized carbons (Fsp3) is 0.267. The van der Waals surface area contributed by atoms with Crippen molar-refractivity contribution in [1.29, 1.82) is 0 Å². The fourth-order valence-corrected chi connectivity index (χ4v) is 5.92. The normalized spacial score (nSPS) is 17.7. The minimum absolute atomic E-state index is 0.124. The van der Waals surface area contributed by atoms with Crippen LogP contribution >= 0.6 is 39.9 Å². The highest BCUT2D eigenvalue weighted by Gasteiger charge is 2.33. The molecule has 1 amide bonds. The van der Waals surface area contributed by atoms with Gasteiger partial charge in [-0.1, -0.05) is 52.0 Å². The summed E-state index contributed by atoms with van der Waals surface area (Å²) in [6, 6.07) is 22.9. The minimum atomic E-state index is -0.124. The third-order valence-corrected chi connectivity index (χ3v) is 8.43. The molecule has 0 saturated carbocycles. The molecule has 0 bridgehead atoms. The van der Waals surface area contributed by atoms with Gasteiger partial charge in [0.2, 0.25) is 0 Å². The summed E-state index contributed by atoms with van der Waals surface area (Å²) in [5, 5.41) is 0. The van der Waals surface area contributed by atoms with Crippen LogP contribution in [0.25, 0.3) is 6.08 Å². The van der Waals surface area contributed by atoms with Crippen LogP contribution in [-0.2, 0) is 4.79 Å². The van der Waals surface area contributed by atoms with E-state index in [1.165, 1.54) is 11.8 Å². The first-order chi connectivity index (χ1) is 18.9. The van der Waals surface area contributed by atoms with Crippen molar-refractivity contribution in [3.63, 3.8) is 0 Å². The molecule has 3 aromatic carbocycles. The summed E-state index contributed by atoms with van der Waals surface area (Å²) < 4.78 is 13.3. The summed E-state index contributed by atoms with van der Waals surface area (Å²) in [5.74, 6) is 2.15. The standard InChI is InChI=1S/C30H30BrN3O3S2/c1-32-16-18-33(19-17-32)15-2-20-36-25-13-7-24(8-14-25)34-29(35)28(39-30(34)38)21-22-3-9-26(10-4-22)37-27-11-5-23(31)6-12-27/h3-14,21H,2,15-20H2,1H3/b28-21-. The molecule has 2 fully saturated rings. The molecular weight excluding hydrogens is 594 g/mol. The summed E-state index contributed by atoms with van der Waals surface area (Å²) in [6.45, 7) is 6.22. The first kappa shape index (κ1) is 27.9. The quantitative estimate of drug-likeness (QED) is 0.150. The first-order valence-corrected chi connectivity index (χ1v) is 14.9. The van der Waals surface area contributed by atoms with Crippen LogP contribution in [0.2, 0.25) is 0 Å². The third-order valence-electron chi connectivity index (χ3n) is 6.60. The number of carbonyl (C=O) groups is 1. The molecule has 39 heavy (non-hydrogen) atoms. The summed E-state index contributed by atoms with van der Waals surface area (Å²) in [5.41, 5.74) is 1.64. The molecule has 0 atom stereocenters. The van der Waals surface area contributed by atoms with Gasteiger partial charge in [0, 0.05) is 37.2 Å². The Labute approximate surface area is 247 Å². The number of ether oxygens (including phenoxy) is 2. The number of hydrogen-bond donors (Lipinski definition) is 0. The highest BCUT2D eigenvalue weighted by molar-refractivity contribution is 9.10. The van der Waals surface area contributed by atoms with Crippen LogP contribution in [0.5, 0.6) is 17.2 Å². The molecule has 5 rings (SSSR count). The van der Waals surface area contributed by atoms with Gasteiger partial charge in [-0.05, 0) is 85.8 Å². The van der Waals surface area contributed by atoms with Crippen molar-refractivity contribution < 1.29 is 14.3 Å². The number of rotatable bonds is 9. The molecule has 2 aliphatic rings. The predicted molar refractivity (Wildman–Crippen MR) is 167 cm³/mol. The van der Waals surface area contributed by atoms with Gasteiger partial charge in [-0.2, -0.15) is 0 Å². The highest BCUT2D eigenvalue weighted by atomic mass is 79.9. The van der Waals surface area contributed by atoms with E-state index in [1.54, 1.807) is 4.90 Å². The second kappa shape index (κ2) is 13.1. The number of halogens is 1. The lowest BCUT2D eigenvalue weighted by atomic mass is 10.2. The molecule has 0 spiro atoms. The molecule has 3 aromatic rings. The maximum atomic E-state index is 13.2. The van der Waals surface area contributed by atoms with E-state index in [9.17, 15) is 4.79 Å². The van der Waals surface area contributed by atoms with E-state index in [2.05, 4.69) is 32.8 Å². The average Bonchev–Trinajstić information content (AvgIpc) is 3.22. The lowest BCUT2D eigenvalue weighted by molar-refractivity contribution is -0.113. The number of hydrogen-bond acceptors (Lipinski definition) is 7. The molecule has 0 aliphatic carbocycles. The monoisotopic (exact) mass is 623 g/mol.